The number of halogens is 2. The average molecular weight is 641 g/mol. The molecule has 40 heavy (non-hydrogen) atoms. The van der Waals surface area contributed by atoms with E-state index < -0.39 is 5.91 Å². The quantitative estimate of drug-likeness (QED) is 0.157. The maximum atomic E-state index is 12.8. The third-order valence-corrected chi connectivity index (χ3v) is 8.49. The molecular weight excluding hydrogens is 617 g/mol. The summed E-state index contributed by atoms with van der Waals surface area (Å²) in [5.41, 5.74) is 0.827. The SMILES string of the molecule is CCSc1nnc(NC(=O)CSc2nnc(CNC(=O)c3ccc(Cl)cc3Cl)n2-c2cc(OC)ccc2OC)s1. The minimum absolute atomic E-state index is 0.000562. The Bertz CT molecular complexity index is 1520. The van der Waals surface area contributed by atoms with Gasteiger partial charge in [0, 0.05) is 11.1 Å². The van der Waals surface area contributed by atoms with Gasteiger partial charge >= 0.3 is 0 Å². The number of nitrogens with zero attached hydrogens (tertiary/aromatic N) is 5. The van der Waals surface area contributed by atoms with Crippen molar-refractivity contribution in [3.8, 4) is 17.2 Å². The lowest BCUT2D eigenvalue weighted by molar-refractivity contribution is -0.113. The predicted octanol–water partition coefficient (Wildman–Crippen LogP) is 5.22. The molecule has 0 aliphatic heterocycles. The molecule has 0 unspecified atom stereocenters. The molecule has 2 N–H and O–H groups in total. The first kappa shape index (κ1) is 29.9. The van der Waals surface area contributed by atoms with Crippen molar-refractivity contribution in [3.05, 3.63) is 57.8 Å². The highest BCUT2D eigenvalue weighted by atomic mass is 35.5. The smallest absolute Gasteiger partial charge is 0.253 e. The molecule has 0 bridgehead atoms. The first-order valence-electron chi connectivity index (χ1n) is 11.6. The minimum atomic E-state index is -0.417. The van der Waals surface area contributed by atoms with Gasteiger partial charge in [0.15, 0.2) is 15.3 Å². The van der Waals surface area contributed by atoms with Gasteiger partial charge in [-0.2, -0.15) is 0 Å². The van der Waals surface area contributed by atoms with Crippen LogP contribution in [0.15, 0.2) is 45.9 Å². The number of benzene rings is 2. The van der Waals surface area contributed by atoms with Gasteiger partial charge in [0.2, 0.25) is 11.0 Å². The standard InChI is InChI=1S/C24H23Cl2N7O4S3/c1-4-38-24-32-30-22(40-24)28-20(34)12-39-23-31-29-19(11-27-21(35)15-7-5-13(25)9-16(15)26)33(23)17-10-14(36-2)6-8-18(17)37-3/h5-10H,4,11-12H2,1-3H3,(H,27,35)(H,28,30,34). The van der Waals surface area contributed by atoms with Crippen LogP contribution in [0.2, 0.25) is 10.0 Å². The molecule has 0 aliphatic rings. The Labute approximate surface area is 252 Å². The zero-order chi connectivity index (χ0) is 28.6. The highest BCUT2D eigenvalue weighted by Gasteiger charge is 2.21. The lowest BCUT2D eigenvalue weighted by atomic mass is 10.2. The molecule has 0 radical (unpaired) electrons. The highest BCUT2D eigenvalue weighted by Crippen LogP contribution is 2.32. The number of amides is 2. The number of rotatable bonds is 12. The van der Waals surface area contributed by atoms with Crippen LogP contribution in [0.1, 0.15) is 23.1 Å². The molecule has 0 saturated heterocycles. The van der Waals surface area contributed by atoms with Crippen LogP contribution >= 0.6 is 58.1 Å². The van der Waals surface area contributed by atoms with Crippen molar-refractivity contribution < 1.29 is 19.1 Å². The van der Waals surface area contributed by atoms with Gasteiger partial charge < -0.3 is 14.8 Å². The van der Waals surface area contributed by atoms with E-state index in [0.29, 0.717) is 38.3 Å². The molecule has 16 heteroatoms. The van der Waals surface area contributed by atoms with Crippen molar-refractivity contribution in [1.29, 1.82) is 0 Å². The summed E-state index contributed by atoms with van der Waals surface area (Å²) in [5, 5.41) is 23.6. The normalized spacial score (nSPS) is 10.8. The lowest BCUT2D eigenvalue weighted by Gasteiger charge is -2.15. The number of hydrogen-bond donors (Lipinski definition) is 2. The van der Waals surface area contributed by atoms with Crippen molar-refractivity contribution in [2.45, 2.75) is 23.0 Å². The van der Waals surface area contributed by atoms with Crippen LogP contribution in [0.3, 0.4) is 0 Å². The van der Waals surface area contributed by atoms with Crippen LogP contribution in [0.25, 0.3) is 5.69 Å². The molecule has 0 spiro atoms. The van der Waals surface area contributed by atoms with Crippen LogP contribution in [-0.4, -0.2) is 62.5 Å². The van der Waals surface area contributed by atoms with E-state index >= 15 is 0 Å². The Hall–Kier alpha value is -3.04. The Morgan fingerprint density at radius 3 is 2.58 bits per heavy atom. The topological polar surface area (TPSA) is 133 Å². The molecule has 11 nitrogen and oxygen atoms in total. The summed E-state index contributed by atoms with van der Waals surface area (Å²) in [4.78, 5) is 25.5. The van der Waals surface area contributed by atoms with Gasteiger partial charge in [-0.05, 0) is 36.1 Å². The van der Waals surface area contributed by atoms with E-state index in [4.69, 9.17) is 32.7 Å². The predicted molar refractivity (Wildman–Crippen MR) is 158 cm³/mol. The van der Waals surface area contributed by atoms with Crippen LogP contribution in [-0.2, 0) is 11.3 Å². The summed E-state index contributed by atoms with van der Waals surface area (Å²) in [5.74, 6) is 1.64. The molecule has 0 fully saturated rings. The monoisotopic (exact) mass is 639 g/mol. The maximum absolute atomic E-state index is 12.8. The molecule has 210 valence electrons. The molecule has 2 aromatic carbocycles. The highest BCUT2D eigenvalue weighted by molar-refractivity contribution is 8.01. The van der Waals surface area contributed by atoms with E-state index in [2.05, 4.69) is 31.0 Å². The lowest BCUT2D eigenvalue weighted by Crippen LogP contribution is -2.25. The van der Waals surface area contributed by atoms with Crippen LogP contribution in [0.4, 0.5) is 5.13 Å². The summed E-state index contributed by atoms with van der Waals surface area (Å²) >= 11 is 16.2. The van der Waals surface area contributed by atoms with Crippen LogP contribution < -0.4 is 20.1 Å². The zero-order valence-corrected chi connectivity index (χ0v) is 25.4. The molecule has 0 saturated carbocycles. The average Bonchev–Trinajstić information content (AvgIpc) is 3.56. The summed E-state index contributed by atoms with van der Waals surface area (Å²) in [6, 6.07) is 9.86. The minimum Gasteiger partial charge on any atom is -0.497 e. The number of ether oxygens (including phenoxy) is 2. The van der Waals surface area contributed by atoms with E-state index in [1.807, 2.05) is 6.92 Å². The van der Waals surface area contributed by atoms with Crippen LogP contribution in [0, 0.1) is 0 Å². The third kappa shape index (κ3) is 7.37. The zero-order valence-electron chi connectivity index (χ0n) is 21.4. The molecule has 2 heterocycles. The number of aromatic nitrogens is 5. The van der Waals surface area contributed by atoms with Crippen LogP contribution in [0.5, 0.6) is 11.5 Å². The first-order chi connectivity index (χ1) is 19.3. The van der Waals surface area contributed by atoms with E-state index in [0.717, 1.165) is 21.9 Å². The molecule has 4 aromatic rings. The molecule has 2 amide bonds. The van der Waals surface area contributed by atoms with Gasteiger partial charge in [-0.3, -0.25) is 19.5 Å². The molecule has 2 aromatic heterocycles. The fraction of sp³-hybridized carbons (Fsp3) is 0.250. The van der Waals surface area contributed by atoms with Crippen molar-refractivity contribution in [1.82, 2.24) is 30.3 Å². The van der Waals surface area contributed by atoms with Crippen molar-refractivity contribution in [2.24, 2.45) is 0 Å². The third-order valence-electron chi connectivity index (χ3n) is 5.16. The molecule has 4 rings (SSSR count). The van der Waals surface area contributed by atoms with Gasteiger partial charge in [-0.15, -0.1) is 20.4 Å². The largest absolute Gasteiger partial charge is 0.497 e. The number of carbonyl (C=O) groups is 2. The van der Waals surface area contributed by atoms with Crippen molar-refractivity contribution >= 4 is 75.0 Å². The van der Waals surface area contributed by atoms with Gasteiger partial charge in [-0.1, -0.05) is 65.0 Å². The Morgan fingerprint density at radius 2 is 1.85 bits per heavy atom. The molecular formula is C24H23Cl2N7O4S3. The summed E-state index contributed by atoms with van der Waals surface area (Å²) in [6.45, 7) is 2.02. The van der Waals surface area contributed by atoms with E-state index in [-0.39, 0.29) is 28.8 Å². The van der Waals surface area contributed by atoms with E-state index in [9.17, 15) is 9.59 Å². The summed E-state index contributed by atoms with van der Waals surface area (Å²) in [7, 11) is 3.08. The number of methoxy groups -OCH3 is 2. The van der Waals surface area contributed by atoms with Gasteiger partial charge in [-0.25, -0.2) is 0 Å². The summed E-state index contributed by atoms with van der Waals surface area (Å²) in [6.07, 6.45) is 0. The molecule has 0 atom stereocenters. The fourth-order valence-corrected chi connectivity index (χ4v) is 6.30. The Kier molecular flexibility index (Phi) is 10.5. The van der Waals surface area contributed by atoms with Crippen molar-refractivity contribution in [3.63, 3.8) is 0 Å². The van der Waals surface area contributed by atoms with Crippen molar-refractivity contribution in [2.75, 3.05) is 31.0 Å². The Morgan fingerprint density at radius 1 is 1.02 bits per heavy atom. The second kappa shape index (κ2) is 14.0. The number of anilines is 1. The first-order valence-corrected chi connectivity index (χ1v) is 15.2. The fourth-order valence-electron chi connectivity index (χ4n) is 3.38. The van der Waals surface area contributed by atoms with Gasteiger partial charge in [0.05, 0.1) is 42.8 Å². The molecule has 0 aliphatic carbocycles. The van der Waals surface area contributed by atoms with E-state index in [1.54, 1.807) is 47.7 Å². The number of thioether (sulfide) groups is 2. The van der Waals surface area contributed by atoms with E-state index in [1.165, 1.54) is 30.6 Å². The second-order valence-corrected chi connectivity index (χ2v) is 12.0. The van der Waals surface area contributed by atoms with Gasteiger partial charge in [0.25, 0.3) is 5.91 Å². The Balaban J connectivity index is 1.57. The summed E-state index contributed by atoms with van der Waals surface area (Å²) < 4.78 is 13.5. The number of nitrogens with one attached hydrogen (secondary N) is 2. The maximum Gasteiger partial charge on any atom is 0.253 e. The number of carbonyl (C=O) groups excluding carboxylic acids is 2. The second-order valence-electron chi connectivity index (χ2n) is 7.72. The number of hydrogen-bond acceptors (Lipinski definition) is 11. The van der Waals surface area contributed by atoms with Gasteiger partial charge in [0.1, 0.15) is 11.5 Å².